The molecule has 1 saturated heterocycles. The maximum atomic E-state index is 5.91. The molecule has 0 amide bonds. The standard InChI is InChI=1S/C17H36N2O/c1-7-8-16-12-18-15(11-14(2)3)13-19(16)9-10-20-17(4,5)6/h14-16,18H,7-13H2,1-6H3. The minimum Gasteiger partial charge on any atom is -0.375 e. The quantitative estimate of drug-likeness (QED) is 0.776. The van der Waals surface area contributed by atoms with Crippen molar-refractivity contribution in [2.24, 2.45) is 5.92 Å². The highest BCUT2D eigenvalue weighted by molar-refractivity contribution is 4.86. The first kappa shape index (κ1) is 17.9. The van der Waals surface area contributed by atoms with E-state index in [1.807, 2.05) is 0 Å². The Bertz CT molecular complexity index is 260. The molecule has 0 radical (unpaired) electrons. The van der Waals surface area contributed by atoms with Gasteiger partial charge in [-0.3, -0.25) is 4.90 Å². The maximum Gasteiger partial charge on any atom is 0.0600 e. The van der Waals surface area contributed by atoms with Gasteiger partial charge in [0.15, 0.2) is 0 Å². The predicted molar refractivity (Wildman–Crippen MR) is 87.2 cm³/mol. The van der Waals surface area contributed by atoms with Gasteiger partial charge in [0.2, 0.25) is 0 Å². The van der Waals surface area contributed by atoms with Gasteiger partial charge in [0, 0.05) is 31.7 Å². The average Bonchev–Trinajstić information content (AvgIpc) is 2.30. The third kappa shape index (κ3) is 7.05. The number of piperazine rings is 1. The number of hydrogen-bond acceptors (Lipinski definition) is 3. The number of nitrogens with zero attached hydrogens (tertiary/aromatic N) is 1. The molecule has 0 saturated carbocycles. The van der Waals surface area contributed by atoms with Gasteiger partial charge in [-0.15, -0.1) is 0 Å². The van der Waals surface area contributed by atoms with Gasteiger partial charge in [0.05, 0.1) is 12.2 Å². The Balaban J connectivity index is 2.46. The summed E-state index contributed by atoms with van der Waals surface area (Å²) in [7, 11) is 0. The molecule has 2 unspecified atom stereocenters. The van der Waals surface area contributed by atoms with Gasteiger partial charge < -0.3 is 10.1 Å². The fourth-order valence-electron chi connectivity index (χ4n) is 3.02. The lowest BCUT2D eigenvalue weighted by Crippen LogP contribution is -2.57. The molecule has 0 aromatic rings. The second-order valence-electron chi connectivity index (χ2n) is 7.63. The number of nitrogens with one attached hydrogen (secondary N) is 1. The second kappa shape index (κ2) is 8.35. The van der Waals surface area contributed by atoms with E-state index in [-0.39, 0.29) is 5.60 Å². The van der Waals surface area contributed by atoms with Gasteiger partial charge in [-0.05, 0) is 39.5 Å². The molecule has 0 aliphatic carbocycles. The van der Waals surface area contributed by atoms with Crippen LogP contribution in [0.15, 0.2) is 0 Å². The average molecular weight is 284 g/mol. The zero-order chi connectivity index (χ0) is 15.2. The van der Waals surface area contributed by atoms with E-state index >= 15 is 0 Å². The Hall–Kier alpha value is -0.120. The molecular weight excluding hydrogens is 248 g/mol. The number of ether oxygens (including phenoxy) is 1. The smallest absolute Gasteiger partial charge is 0.0600 e. The van der Waals surface area contributed by atoms with Gasteiger partial charge in [-0.2, -0.15) is 0 Å². The van der Waals surface area contributed by atoms with Crippen molar-refractivity contribution in [3.05, 3.63) is 0 Å². The van der Waals surface area contributed by atoms with Crippen molar-refractivity contribution in [2.45, 2.75) is 78.5 Å². The van der Waals surface area contributed by atoms with Crippen LogP contribution in [0, 0.1) is 5.92 Å². The number of rotatable bonds is 7. The minimum atomic E-state index is -0.0222. The van der Waals surface area contributed by atoms with Gasteiger partial charge in [-0.25, -0.2) is 0 Å². The van der Waals surface area contributed by atoms with Crippen LogP contribution in [0.1, 0.15) is 60.8 Å². The third-order valence-corrected chi connectivity index (χ3v) is 3.90. The molecule has 0 aromatic carbocycles. The van der Waals surface area contributed by atoms with Crippen molar-refractivity contribution in [3.63, 3.8) is 0 Å². The van der Waals surface area contributed by atoms with Crippen LogP contribution in [0.5, 0.6) is 0 Å². The molecule has 0 bridgehead atoms. The van der Waals surface area contributed by atoms with E-state index in [2.05, 4.69) is 51.8 Å². The van der Waals surface area contributed by atoms with Crippen LogP contribution in [-0.4, -0.2) is 48.8 Å². The molecule has 1 aliphatic rings. The molecule has 1 rings (SSSR count). The third-order valence-electron chi connectivity index (χ3n) is 3.90. The summed E-state index contributed by atoms with van der Waals surface area (Å²) < 4.78 is 5.91. The topological polar surface area (TPSA) is 24.5 Å². The number of hydrogen-bond donors (Lipinski definition) is 1. The lowest BCUT2D eigenvalue weighted by molar-refractivity contribution is -0.0233. The van der Waals surface area contributed by atoms with E-state index in [0.29, 0.717) is 12.1 Å². The first-order valence-electron chi connectivity index (χ1n) is 8.43. The van der Waals surface area contributed by atoms with E-state index in [9.17, 15) is 0 Å². The highest BCUT2D eigenvalue weighted by Gasteiger charge is 2.27. The van der Waals surface area contributed by atoms with E-state index in [0.717, 1.165) is 25.6 Å². The van der Waals surface area contributed by atoms with Gasteiger partial charge in [0.25, 0.3) is 0 Å². The largest absolute Gasteiger partial charge is 0.375 e. The fraction of sp³-hybridized carbons (Fsp3) is 1.00. The molecule has 0 spiro atoms. The van der Waals surface area contributed by atoms with Crippen LogP contribution >= 0.6 is 0 Å². The Morgan fingerprint density at radius 2 is 2.00 bits per heavy atom. The van der Waals surface area contributed by atoms with Crippen LogP contribution in [-0.2, 0) is 4.74 Å². The molecule has 1 fully saturated rings. The normalized spacial score (nSPS) is 25.4. The van der Waals surface area contributed by atoms with E-state index in [1.54, 1.807) is 0 Å². The molecule has 0 aromatic heterocycles. The summed E-state index contributed by atoms with van der Waals surface area (Å²) in [4.78, 5) is 2.65. The first-order chi connectivity index (χ1) is 9.31. The Kier molecular flexibility index (Phi) is 7.49. The molecule has 3 heteroatoms. The molecular formula is C17H36N2O. The van der Waals surface area contributed by atoms with E-state index in [1.165, 1.54) is 25.8 Å². The van der Waals surface area contributed by atoms with Crippen molar-refractivity contribution in [1.29, 1.82) is 0 Å². The molecule has 20 heavy (non-hydrogen) atoms. The molecule has 1 heterocycles. The van der Waals surface area contributed by atoms with Gasteiger partial charge >= 0.3 is 0 Å². The van der Waals surface area contributed by atoms with Gasteiger partial charge in [-0.1, -0.05) is 27.2 Å². The molecule has 2 atom stereocenters. The van der Waals surface area contributed by atoms with E-state index < -0.39 is 0 Å². The summed E-state index contributed by atoms with van der Waals surface area (Å²) in [5.41, 5.74) is -0.0222. The summed E-state index contributed by atoms with van der Waals surface area (Å²) in [5, 5.41) is 3.74. The maximum absolute atomic E-state index is 5.91. The Morgan fingerprint density at radius 1 is 1.30 bits per heavy atom. The highest BCUT2D eigenvalue weighted by atomic mass is 16.5. The minimum absolute atomic E-state index is 0.0222. The molecule has 3 nitrogen and oxygen atoms in total. The summed E-state index contributed by atoms with van der Waals surface area (Å²) >= 11 is 0. The van der Waals surface area contributed by atoms with Crippen LogP contribution in [0.4, 0.5) is 0 Å². The Labute approximate surface area is 126 Å². The zero-order valence-corrected chi connectivity index (χ0v) is 14.5. The molecule has 120 valence electrons. The van der Waals surface area contributed by atoms with Crippen LogP contribution in [0.25, 0.3) is 0 Å². The summed E-state index contributed by atoms with van der Waals surface area (Å²) in [6.07, 6.45) is 3.82. The molecule has 1 aliphatic heterocycles. The lowest BCUT2D eigenvalue weighted by atomic mass is 9.98. The summed E-state index contributed by atoms with van der Waals surface area (Å²) in [5.74, 6) is 0.767. The first-order valence-corrected chi connectivity index (χ1v) is 8.43. The van der Waals surface area contributed by atoms with Crippen molar-refractivity contribution in [2.75, 3.05) is 26.2 Å². The lowest BCUT2D eigenvalue weighted by Gasteiger charge is -2.41. The van der Waals surface area contributed by atoms with Crippen molar-refractivity contribution in [3.8, 4) is 0 Å². The SMILES string of the molecule is CCCC1CNC(CC(C)C)CN1CCOC(C)(C)C. The van der Waals surface area contributed by atoms with Crippen molar-refractivity contribution < 1.29 is 4.74 Å². The predicted octanol–water partition coefficient (Wildman–Crippen LogP) is 3.29. The summed E-state index contributed by atoms with van der Waals surface area (Å²) in [6, 6.07) is 1.34. The summed E-state index contributed by atoms with van der Waals surface area (Å²) in [6.45, 7) is 17.5. The van der Waals surface area contributed by atoms with Crippen LogP contribution in [0.3, 0.4) is 0 Å². The fourth-order valence-corrected chi connectivity index (χ4v) is 3.02. The zero-order valence-electron chi connectivity index (χ0n) is 14.5. The van der Waals surface area contributed by atoms with Gasteiger partial charge in [0.1, 0.15) is 0 Å². The van der Waals surface area contributed by atoms with E-state index in [4.69, 9.17) is 4.74 Å². The van der Waals surface area contributed by atoms with Crippen LogP contribution in [0.2, 0.25) is 0 Å². The van der Waals surface area contributed by atoms with Crippen molar-refractivity contribution in [1.82, 2.24) is 10.2 Å². The second-order valence-corrected chi connectivity index (χ2v) is 7.63. The highest BCUT2D eigenvalue weighted by Crippen LogP contribution is 2.17. The van der Waals surface area contributed by atoms with Crippen molar-refractivity contribution >= 4 is 0 Å². The monoisotopic (exact) mass is 284 g/mol. The van der Waals surface area contributed by atoms with Crippen LogP contribution < -0.4 is 5.32 Å². The Morgan fingerprint density at radius 3 is 2.55 bits per heavy atom. The molecule has 1 N–H and O–H groups in total.